The van der Waals surface area contributed by atoms with Crippen molar-refractivity contribution in [1.82, 2.24) is 0 Å². The molecule has 28 heavy (non-hydrogen) atoms. The van der Waals surface area contributed by atoms with Gasteiger partial charge in [-0.05, 0) is 42.3 Å². The molecule has 160 valence electrons. The molecule has 1 aromatic carbocycles. The van der Waals surface area contributed by atoms with Crippen molar-refractivity contribution in [2.75, 3.05) is 5.75 Å². The Morgan fingerprint density at radius 3 is 1.50 bits per heavy atom. The van der Waals surface area contributed by atoms with Crippen molar-refractivity contribution in [3.63, 3.8) is 0 Å². The highest BCUT2D eigenvalue weighted by Gasteiger charge is 2.14. The molecule has 0 atom stereocenters. The number of sulfone groups is 1. The summed E-state index contributed by atoms with van der Waals surface area (Å²) < 4.78 is 24.6. The van der Waals surface area contributed by atoms with E-state index in [0.717, 1.165) is 12.8 Å². The number of carbonyl (C=O) groups is 1. The molecule has 0 amide bonds. The highest BCUT2D eigenvalue weighted by Crippen LogP contribution is 2.17. The van der Waals surface area contributed by atoms with Crippen LogP contribution in [0.25, 0.3) is 0 Å². The van der Waals surface area contributed by atoms with Crippen molar-refractivity contribution in [3.05, 3.63) is 29.8 Å². The van der Waals surface area contributed by atoms with E-state index in [0.29, 0.717) is 12.0 Å². The maximum absolute atomic E-state index is 12.3. The van der Waals surface area contributed by atoms with Crippen molar-refractivity contribution in [1.29, 1.82) is 0 Å². The first kappa shape index (κ1) is 25.2. The summed E-state index contributed by atoms with van der Waals surface area (Å²) in [6.07, 6.45) is 17.5. The normalized spacial score (nSPS) is 11.6. The summed E-state index contributed by atoms with van der Waals surface area (Å²) in [5.74, 6) is 0.166. The van der Waals surface area contributed by atoms with E-state index in [-0.39, 0.29) is 10.6 Å². The molecule has 0 saturated heterocycles. The summed E-state index contributed by atoms with van der Waals surface area (Å²) in [5.41, 5.74) is 0.317. The van der Waals surface area contributed by atoms with Crippen LogP contribution in [0.4, 0.5) is 0 Å². The van der Waals surface area contributed by atoms with Gasteiger partial charge in [0.15, 0.2) is 9.84 Å². The van der Waals surface area contributed by atoms with Gasteiger partial charge in [0.1, 0.15) is 0 Å². The minimum absolute atomic E-state index is 0.166. The van der Waals surface area contributed by atoms with E-state index in [1.165, 1.54) is 94.9 Å². The fourth-order valence-corrected chi connectivity index (χ4v) is 4.89. The zero-order valence-corrected chi connectivity index (χ0v) is 19.0. The quantitative estimate of drug-likeness (QED) is 0.193. The zero-order chi connectivity index (χ0) is 20.7. The maximum atomic E-state index is 12.3. The summed E-state index contributed by atoms with van der Waals surface area (Å²) in [6, 6.07) is 5.87. The summed E-state index contributed by atoms with van der Waals surface area (Å²) >= 11 is 5.38. The maximum Gasteiger partial charge on any atom is 0.252 e. The first-order valence-corrected chi connectivity index (χ1v) is 13.0. The Hall–Kier alpha value is -0.870. The second kappa shape index (κ2) is 15.0. The lowest BCUT2D eigenvalue weighted by molar-refractivity contribution is 0.108. The Kier molecular flexibility index (Phi) is 13.5. The molecule has 0 unspecified atom stereocenters. The number of rotatable bonds is 17. The molecule has 5 heteroatoms. The van der Waals surface area contributed by atoms with Crippen molar-refractivity contribution >= 4 is 26.7 Å². The number of benzene rings is 1. The molecule has 0 aromatic heterocycles. The molecule has 0 bridgehead atoms. The molecule has 1 rings (SSSR count). The van der Waals surface area contributed by atoms with Gasteiger partial charge in [0.25, 0.3) is 5.24 Å². The van der Waals surface area contributed by atoms with Crippen LogP contribution in [-0.4, -0.2) is 19.4 Å². The van der Waals surface area contributed by atoms with Crippen LogP contribution in [0.1, 0.15) is 107 Å². The van der Waals surface area contributed by atoms with Crippen LogP contribution < -0.4 is 0 Å². The van der Waals surface area contributed by atoms with Gasteiger partial charge in [-0.1, -0.05) is 90.4 Å². The van der Waals surface area contributed by atoms with E-state index in [1.807, 2.05) is 0 Å². The highest BCUT2D eigenvalue weighted by molar-refractivity contribution is 7.91. The second-order valence-electron chi connectivity index (χ2n) is 7.71. The van der Waals surface area contributed by atoms with Gasteiger partial charge >= 0.3 is 0 Å². The predicted molar refractivity (Wildman–Crippen MR) is 119 cm³/mol. The van der Waals surface area contributed by atoms with Gasteiger partial charge in [-0.25, -0.2) is 8.42 Å². The molecule has 0 fully saturated rings. The van der Waals surface area contributed by atoms with Gasteiger partial charge in [-0.2, -0.15) is 0 Å². The number of carbonyl (C=O) groups excluding carboxylic acids is 1. The highest BCUT2D eigenvalue weighted by atomic mass is 35.5. The van der Waals surface area contributed by atoms with Gasteiger partial charge in [0.05, 0.1) is 10.6 Å². The van der Waals surface area contributed by atoms with Gasteiger partial charge in [0, 0.05) is 5.56 Å². The molecule has 1 aromatic rings. The molecule has 0 heterocycles. The molecular formula is C23H37ClO3S. The average molecular weight is 429 g/mol. The smallest absolute Gasteiger partial charge is 0.252 e. The number of unbranched alkanes of at least 4 members (excludes halogenated alkanes) is 13. The van der Waals surface area contributed by atoms with Crippen molar-refractivity contribution < 1.29 is 13.2 Å². The summed E-state index contributed by atoms with van der Waals surface area (Å²) in [7, 11) is -3.27. The Morgan fingerprint density at radius 1 is 0.714 bits per heavy atom. The van der Waals surface area contributed by atoms with Gasteiger partial charge < -0.3 is 0 Å². The van der Waals surface area contributed by atoms with Crippen LogP contribution in [0.3, 0.4) is 0 Å². The Bertz CT molecular complexity index is 638. The monoisotopic (exact) mass is 428 g/mol. The van der Waals surface area contributed by atoms with E-state index in [2.05, 4.69) is 6.92 Å². The molecule has 0 saturated carbocycles. The predicted octanol–water partition coefficient (Wildman–Crippen LogP) is 7.32. The fourth-order valence-electron chi connectivity index (χ4n) is 3.40. The third-order valence-electron chi connectivity index (χ3n) is 5.21. The molecule has 0 spiro atoms. The van der Waals surface area contributed by atoms with E-state index < -0.39 is 15.1 Å². The van der Waals surface area contributed by atoms with Gasteiger partial charge in [-0.3, -0.25) is 4.79 Å². The van der Waals surface area contributed by atoms with E-state index in [1.54, 1.807) is 0 Å². The SMILES string of the molecule is CCCCCCCCCCCCCCCCS(=O)(=O)c1ccc(C(=O)Cl)cc1. The van der Waals surface area contributed by atoms with Crippen LogP contribution in [-0.2, 0) is 9.84 Å². The van der Waals surface area contributed by atoms with Crippen LogP contribution in [0.15, 0.2) is 29.2 Å². The molecule has 0 aliphatic carbocycles. The zero-order valence-electron chi connectivity index (χ0n) is 17.4. The molecule has 0 N–H and O–H groups in total. The van der Waals surface area contributed by atoms with Crippen LogP contribution in [0.5, 0.6) is 0 Å². The molecular weight excluding hydrogens is 392 g/mol. The molecule has 3 nitrogen and oxygen atoms in total. The lowest BCUT2D eigenvalue weighted by atomic mass is 10.0. The van der Waals surface area contributed by atoms with E-state index in [9.17, 15) is 13.2 Å². The summed E-state index contributed by atoms with van der Waals surface area (Å²) in [4.78, 5) is 11.3. The standard InChI is InChI=1S/C23H37ClO3S/c1-2-3-4-5-6-7-8-9-10-11-12-13-14-15-20-28(26,27)22-18-16-21(17-19-22)23(24)25/h16-19H,2-15,20H2,1H3. The Morgan fingerprint density at radius 2 is 1.11 bits per heavy atom. The minimum Gasteiger partial charge on any atom is -0.276 e. The van der Waals surface area contributed by atoms with Crippen molar-refractivity contribution in [3.8, 4) is 0 Å². The first-order valence-electron chi connectivity index (χ1n) is 11.0. The first-order chi connectivity index (χ1) is 13.5. The largest absolute Gasteiger partial charge is 0.276 e. The third kappa shape index (κ3) is 11.2. The average Bonchev–Trinajstić information content (AvgIpc) is 2.68. The number of hydrogen-bond acceptors (Lipinski definition) is 3. The van der Waals surface area contributed by atoms with E-state index in [4.69, 9.17) is 11.6 Å². The summed E-state index contributed by atoms with van der Waals surface area (Å²) in [6.45, 7) is 2.25. The van der Waals surface area contributed by atoms with Gasteiger partial charge in [0.2, 0.25) is 0 Å². The van der Waals surface area contributed by atoms with Crippen LogP contribution >= 0.6 is 11.6 Å². The number of halogens is 1. The number of hydrogen-bond donors (Lipinski definition) is 0. The molecule has 0 aliphatic heterocycles. The topological polar surface area (TPSA) is 51.2 Å². The van der Waals surface area contributed by atoms with Crippen molar-refractivity contribution in [2.45, 2.75) is 102 Å². The Labute approximate surface area is 177 Å². The fraction of sp³-hybridized carbons (Fsp3) is 0.696. The van der Waals surface area contributed by atoms with Crippen LogP contribution in [0.2, 0.25) is 0 Å². The Balaban J connectivity index is 2.02. The molecule has 0 radical (unpaired) electrons. The van der Waals surface area contributed by atoms with Crippen molar-refractivity contribution in [2.24, 2.45) is 0 Å². The van der Waals surface area contributed by atoms with E-state index >= 15 is 0 Å². The minimum atomic E-state index is -3.27. The summed E-state index contributed by atoms with van der Waals surface area (Å²) in [5, 5.41) is -0.573. The molecule has 0 aliphatic rings. The third-order valence-corrected chi connectivity index (χ3v) is 7.24. The lowest BCUT2D eigenvalue weighted by Gasteiger charge is -2.06. The van der Waals surface area contributed by atoms with Crippen LogP contribution in [0, 0.1) is 0 Å². The van der Waals surface area contributed by atoms with Gasteiger partial charge in [-0.15, -0.1) is 0 Å². The lowest BCUT2D eigenvalue weighted by Crippen LogP contribution is -2.07. The second-order valence-corrected chi connectivity index (χ2v) is 10.2.